The summed E-state index contributed by atoms with van der Waals surface area (Å²) in [6.07, 6.45) is 5.37. The number of nitrogens with one attached hydrogen (secondary N) is 2. The van der Waals surface area contributed by atoms with Gasteiger partial charge in [0.2, 0.25) is 5.88 Å². The number of ether oxygens (including phenoxy) is 1. The number of nitrogens with zero attached hydrogens (tertiary/aromatic N) is 3. The lowest BCUT2D eigenvalue weighted by Gasteiger charge is -2.15. The Kier molecular flexibility index (Phi) is 5.96. The van der Waals surface area contributed by atoms with Gasteiger partial charge in [-0.15, -0.1) is 0 Å². The molecular weight excluding hydrogens is 294 g/mol. The first kappa shape index (κ1) is 16.8. The zero-order valence-electron chi connectivity index (χ0n) is 13.7. The second-order valence-corrected chi connectivity index (χ2v) is 5.63. The molecule has 7 nitrogen and oxygen atoms in total. The van der Waals surface area contributed by atoms with E-state index >= 15 is 0 Å². The van der Waals surface area contributed by atoms with Crippen LogP contribution in [0.1, 0.15) is 26.3 Å². The Morgan fingerprint density at radius 2 is 2.17 bits per heavy atom. The third-order valence-electron chi connectivity index (χ3n) is 3.00. The smallest absolute Gasteiger partial charge is 0.315 e. The molecule has 0 fully saturated rings. The monoisotopic (exact) mass is 317 g/mol. The van der Waals surface area contributed by atoms with E-state index in [9.17, 15) is 4.79 Å². The molecule has 7 heteroatoms. The van der Waals surface area contributed by atoms with Gasteiger partial charge in [0.05, 0.1) is 12.6 Å². The van der Waals surface area contributed by atoms with Crippen molar-refractivity contribution in [3.63, 3.8) is 0 Å². The molecule has 2 N–H and O–H groups in total. The summed E-state index contributed by atoms with van der Waals surface area (Å²) < 4.78 is 7.26. The van der Waals surface area contributed by atoms with Crippen molar-refractivity contribution < 1.29 is 9.53 Å². The standard InChI is InChI=1S/C16H23N5O2/c1-12(2)23-15-6-5-14(9-17-15)10-18-16(22)20-13(3)11-21-8-4-7-19-21/h4-9,12-13H,10-11H2,1-3H3,(H2,18,20,22)/t13-/m1/s1. The van der Waals surface area contributed by atoms with E-state index < -0.39 is 0 Å². The first-order valence-electron chi connectivity index (χ1n) is 7.66. The van der Waals surface area contributed by atoms with Crippen LogP contribution in [0.3, 0.4) is 0 Å². The molecule has 0 aromatic carbocycles. The maximum absolute atomic E-state index is 11.9. The largest absolute Gasteiger partial charge is 0.475 e. The topological polar surface area (TPSA) is 81.1 Å². The van der Waals surface area contributed by atoms with Crippen molar-refractivity contribution in [1.82, 2.24) is 25.4 Å². The van der Waals surface area contributed by atoms with E-state index in [-0.39, 0.29) is 18.2 Å². The van der Waals surface area contributed by atoms with Crippen molar-refractivity contribution in [1.29, 1.82) is 0 Å². The number of urea groups is 1. The van der Waals surface area contributed by atoms with Gasteiger partial charge in [-0.25, -0.2) is 9.78 Å². The Balaban J connectivity index is 1.73. The van der Waals surface area contributed by atoms with E-state index in [0.29, 0.717) is 19.0 Å². The predicted molar refractivity (Wildman–Crippen MR) is 87.1 cm³/mol. The molecule has 0 saturated carbocycles. The van der Waals surface area contributed by atoms with Crippen LogP contribution in [-0.4, -0.2) is 32.9 Å². The second kappa shape index (κ2) is 8.17. The molecule has 0 aliphatic rings. The molecule has 0 unspecified atom stereocenters. The van der Waals surface area contributed by atoms with Crippen LogP contribution in [-0.2, 0) is 13.1 Å². The molecule has 2 heterocycles. The average Bonchev–Trinajstić information content (AvgIpc) is 2.98. The number of rotatable bonds is 7. The number of hydrogen-bond acceptors (Lipinski definition) is 4. The highest BCUT2D eigenvalue weighted by molar-refractivity contribution is 5.74. The third kappa shape index (κ3) is 5.98. The fourth-order valence-electron chi connectivity index (χ4n) is 2.02. The lowest BCUT2D eigenvalue weighted by molar-refractivity contribution is 0.232. The van der Waals surface area contributed by atoms with E-state index in [1.54, 1.807) is 23.1 Å². The molecule has 0 radical (unpaired) electrons. The van der Waals surface area contributed by atoms with Crippen LogP contribution in [0.4, 0.5) is 4.79 Å². The summed E-state index contributed by atoms with van der Waals surface area (Å²) >= 11 is 0. The minimum absolute atomic E-state index is 0.0187. The number of pyridine rings is 1. The van der Waals surface area contributed by atoms with E-state index in [1.807, 2.05) is 39.1 Å². The molecule has 0 bridgehead atoms. The molecule has 1 atom stereocenters. The summed E-state index contributed by atoms with van der Waals surface area (Å²) in [5.41, 5.74) is 0.913. The van der Waals surface area contributed by atoms with Crippen LogP contribution in [0.2, 0.25) is 0 Å². The van der Waals surface area contributed by atoms with Crippen LogP contribution in [0.5, 0.6) is 5.88 Å². The van der Waals surface area contributed by atoms with Gasteiger partial charge >= 0.3 is 6.03 Å². The van der Waals surface area contributed by atoms with Crippen LogP contribution in [0.25, 0.3) is 0 Å². The Hall–Kier alpha value is -2.57. The molecule has 0 spiro atoms. The molecule has 0 aliphatic heterocycles. The van der Waals surface area contributed by atoms with E-state index in [1.165, 1.54) is 0 Å². The van der Waals surface area contributed by atoms with Crippen LogP contribution in [0, 0.1) is 0 Å². The third-order valence-corrected chi connectivity index (χ3v) is 3.00. The summed E-state index contributed by atoms with van der Waals surface area (Å²) in [5, 5.41) is 9.79. The molecule has 0 saturated heterocycles. The highest BCUT2D eigenvalue weighted by Gasteiger charge is 2.08. The predicted octanol–water partition coefficient (Wildman–Crippen LogP) is 1.95. The van der Waals surface area contributed by atoms with Crippen molar-refractivity contribution in [2.24, 2.45) is 0 Å². The Morgan fingerprint density at radius 3 is 2.78 bits per heavy atom. The first-order chi connectivity index (χ1) is 11.0. The molecule has 2 amide bonds. The number of aromatic nitrogens is 3. The number of carbonyl (C=O) groups excluding carboxylic acids is 1. The van der Waals surface area contributed by atoms with Gasteiger partial charge in [-0.1, -0.05) is 6.07 Å². The van der Waals surface area contributed by atoms with Crippen LogP contribution < -0.4 is 15.4 Å². The fraction of sp³-hybridized carbons (Fsp3) is 0.438. The SMILES string of the molecule is CC(C)Oc1ccc(CNC(=O)N[C@H](C)Cn2cccn2)cn1. The quantitative estimate of drug-likeness (QED) is 0.818. The summed E-state index contributed by atoms with van der Waals surface area (Å²) in [4.78, 5) is 16.1. The van der Waals surface area contributed by atoms with Gasteiger partial charge < -0.3 is 15.4 Å². The zero-order chi connectivity index (χ0) is 16.7. The molecule has 23 heavy (non-hydrogen) atoms. The Labute approximate surface area is 136 Å². The van der Waals surface area contributed by atoms with E-state index in [2.05, 4.69) is 20.7 Å². The molecule has 2 aromatic heterocycles. The number of hydrogen-bond donors (Lipinski definition) is 2. The maximum atomic E-state index is 11.9. The molecular formula is C16H23N5O2. The Morgan fingerprint density at radius 1 is 1.35 bits per heavy atom. The molecule has 0 aliphatic carbocycles. The summed E-state index contributed by atoms with van der Waals surface area (Å²) in [6.45, 7) is 6.87. The van der Waals surface area contributed by atoms with Crippen molar-refractivity contribution in [3.8, 4) is 5.88 Å². The average molecular weight is 317 g/mol. The normalized spacial score (nSPS) is 12.0. The van der Waals surface area contributed by atoms with E-state index in [4.69, 9.17) is 4.74 Å². The maximum Gasteiger partial charge on any atom is 0.315 e. The lowest BCUT2D eigenvalue weighted by atomic mass is 10.3. The molecule has 2 rings (SSSR count). The number of amides is 2. The van der Waals surface area contributed by atoms with Crippen molar-refractivity contribution >= 4 is 6.03 Å². The number of carbonyl (C=O) groups is 1. The minimum atomic E-state index is -0.216. The van der Waals surface area contributed by atoms with Gasteiger partial charge in [0, 0.05) is 37.2 Å². The second-order valence-electron chi connectivity index (χ2n) is 5.63. The van der Waals surface area contributed by atoms with Crippen molar-refractivity contribution in [2.45, 2.75) is 46.0 Å². The van der Waals surface area contributed by atoms with Crippen LogP contribution >= 0.6 is 0 Å². The highest BCUT2D eigenvalue weighted by Crippen LogP contribution is 2.09. The van der Waals surface area contributed by atoms with Crippen molar-refractivity contribution in [3.05, 3.63) is 42.4 Å². The molecule has 2 aromatic rings. The minimum Gasteiger partial charge on any atom is -0.475 e. The van der Waals surface area contributed by atoms with Crippen molar-refractivity contribution in [2.75, 3.05) is 0 Å². The summed E-state index contributed by atoms with van der Waals surface area (Å²) in [7, 11) is 0. The van der Waals surface area contributed by atoms with Gasteiger partial charge in [-0.2, -0.15) is 5.10 Å². The van der Waals surface area contributed by atoms with Crippen LogP contribution in [0.15, 0.2) is 36.8 Å². The van der Waals surface area contributed by atoms with E-state index in [0.717, 1.165) is 5.56 Å². The summed E-state index contributed by atoms with van der Waals surface area (Å²) in [5.74, 6) is 0.584. The van der Waals surface area contributed by atoms with Gasteiger partial charge in [0.25, 0.3) is 0 Å². The zero-order valence-corrected chi connectivity index (χ0v) is 13.7. The van der Waals surface area contributed by atoms with Gasteiger partial charge in [-0.3, -0.25) is 4.68 Å². The van der Waals surface area contributed by atoms with Gasteiger partial charge in [0.15, 0.2) is 0 Å². The Bertz CT molecular complexity index is 595. The highest BCUT2D eigenvalue weighted by atomic mass is 16.5. The lowest BCUT2D eigenvalue weighted by Crippen LogP contribution is -2.42. The fourth-order valence-corrected chi connectivity index (χ4v) is 2.02. The first-order valence-corrected chi connectivity index (χ1v) is 7.66. The van der Waals surface area contributed by atoms with Gasteiger partial charge in [-0.05, 0) is 32.4 Å². The van der Waals surface area contributed by atoms with Gasteiger partial charge in [0.1, 0.15) is 0 Å². The molecule has 124 valence electrons. The summed E-state index contributed by atoms with van der Waals surface area (Å²) in [6, 6.07) is 5.31.